The highest BCUT2D eigenvalue weighted by molar-refractivity contribution is 5.89. The number of para-hydroxylation sites is 1. The van der Waals surface area contributed by atoms with Gasteiger partial charge < -0.3 is 15.4 Å². The van der Waals surface area contributed by atoms with E-state index in [1.165, 1.54) is 0 Å². The number of rotatable bonds is 3. The first-order valence-corrected chi connectivity index (χ1v) is 7.17. The molecular weight excluding hydrogens is 268 g/mol. The van der Waals surface area contributed by atoms with Crippen molar-refractivity contribution >= 4 is 22.9 Å². The molecule has 0 bridgehead atoms. The normalized spacial score (nSPS) is 19.0. The average molecular weight is 288 g/mol. The summed E-state index contributed by atoms with van der Waals surface area (Å²) in [6.07, 6.45) is 0.807. The van der Waals surface area contributed by atoms with Crippen molar-refractivity contribution in [2.24, 2.45) is 0 Å². The van der Waals surface area contributed by atoms with Gasteiger partial charge in [0, 0.05) is 13.6 Å². The molecule has 112 valence electrons. The molecule has 0 aliphatic carbocycles. The zero-order valence-corrected chi connectivity index (χ0v) is 12.5. The van der Waals surface area contributed by atoms with Crippen molar-refractivity contribution < 1.29 is 9.53 Å². The SMILES string of the molecule is CC(C)Oc1cccc2c1nc(N)n2C1CCN(C)C1=O. The number of likely N-dealkylation sites (tertiary alicyclic amines) is 1. The molecule has 0 radical (unpaired) electrons. The maximum Gasteiger partial charge on any atom is 0.245 e. The van der Waals surface area contributed by atoms with Crippen LogP contribution in [0.15, 0.2) is 18.2 Å². The minimum Gasteiger partial charge on any atom is -0.489 e. The third kappa shape index (κ3) is 2.20. The fourth-order valence-corrected chi connectivity index (χ4v) is 2.83. The van der Waals surface area contributed by atoms with Gasteiger partial charge in [0.2, 0.25) is 11.9 Å². The van der Waals surface area contributed by atoms with E-state index < -0.39 is 0 Å². The van der Waals surface area contributed by atoms with Crippen LogP contribution >= 0.6 is 0 Å². The van der Waals surface area contributed by atoms with Gasteiger partial charge in [-0.25, -0.2) is 4.98 Å². The monoisotopic (exact) mass is 288 g/mol. The number of amides is 1. The van der Waals surface area contributed by atoms with E-state index in [2.05, 4.69) is 4.98 Å². The van der Waals surface area contributed by atoms with Crippen LogP contribution in [0.5, 0.6) is 5.75 Å². The smallest absolute Gasteiger partial charge is 0.245 e. The molecule has 2 heterocycles. The standard InChI is InChI=1S/C15H20N4O2/c1-9(2)21-12-6-4-5-10-13(12)17-15(16)19(10)11-7-8-18(3)14(11)20/h4-6,9,11H,7-8H2,1-3H3,(H2,16,17). The van der Waals surface area contributed by atoms with Crippen molar-refractivity contribution in [3.63, 3.8) is 0 Å². The number of hydrogen-bond acceptors (Lipinski definition) is 4. The Morgan fingerprint density at radius 1 is 1.43 bits per heavy atom. The number of carbonyl (C=O) groups is 1. The third-order valence-corrected chi connectivity index (χ3v) is 3.78. The molecule has 6 heteroatoms. The number of anilines is 1. The van der Waals surface area contributed by atoms with Gasteiger partial charge >= 0.3 is 0 Å². The Morgan fingerprint density at radius 3 is 2.81 bits per heavy atom. The first-order valence-electron chi connectivity index (χ1n) is 7.17. The summed E-state index contributed by atoms with van der Waals surface area (Å²) in [5, 5.41) is 0. The molecule has 1 aromatic heterocycles. The van der Waals surface area contributed by atoms with Crippen LogP contribution in [0.1, 0.15) is 26.3 Å². The molecule has 6 nitrogen and oxygen atoms in total. The van der Waals surface area contributed by atoms with Gasteiger partial charge in [-0.15, -0.1) is 0 Å². The molecule has 2 N–H and O–H groups in total. The van der Waals surface area contributed by atoms with Crippen molar-refractivity contribution in [1.82, 2.24) is 14.5 Å². The zero-order chi connectivity index (χ0) is 15.1. The molecule has 1 atom stereocenters. The van der Waals surface area contributed by atoms with Gasteiger partial charge in [-0.3, -0.25) is 9.36 Å². The summed E-state index contributed by atoms with van der Waals surface area (Å²) in [7, 11) is 1.81. The molecule has 1 saturated heterocycles. The first kappa shape index (κ1) is 13.7. The Balaban J connectivity index is 2.12. The van der Waals surface area contributed by atoms with Crippen LogP contribution in [0.4, 0.5) is 5.95 Å². The number of nitrogens with two attached hydrogens (primary N) is 1. The number of imidazole rings is 1. The van der Waals surface area contributed by atoms with Crippen molar-refractivity contribution in [1.29, 1.82) is 0 Å². The van der Waals surface area contributed by atoms with Gasteiger partial charge in [0.15, 0.2) is 0 Å². The number of benzene rings is 1. The number of ether oxygens (including phenoxy) is 1. The fraction of sp³-hybridized carbons (Fsp3) is 0.467. The number of fused-ring (bicyclic) bond motifs is 1. The van der Waals surface area contributed by atoms with Crippen LogP contribution < -0.4 is 10.5 Å². The number of nitrogens with zero attached hydrogens (tertiary/aromatic N) is 3. The Kier molecular flexibility index (Phi) is 3.23. The number of carbonyl (C=O) groups excluding carboxylic acids is 1. The average Bonchev–Trinajstić information content (AvgIpc) is 2.91. The Labute approximate surface area is 123 Å². The lowest BCUT2D eigenvalue weighted by atomic mass is 10.2. The molecule has 2 aromatic rings. The summed E-state index contributed by atoms with van der Waals surface area (Å²) >= 11 is 0. The maximum absolute atomic E-state index is 12.3. The number of aromatic nitrogens is 2. The summed E-state index contributed by atoms with van der Waals surface area (Å²) < 4.78 is 7.61. The molecular formula is C15H20N4O2. The van der Waals surface area contributed by atoms with Gasteiger partial charge in [0.25, 0.3) is 0 Å². The van der Waals surface area contributed by atoms with E-state index >= 15 is 0 Å². The van der Waals surface area contributed by atoms with E-state index in [1.807, 2.05) is 43.7 Å². The predicted octanol–water partition coefficient (Wildman–Crippen LogP) is 1.81. The number of hydrogen-bond donors (Lipinski definition) is 1. The van der Waals surface area contributed by atoms with Crippen LogP contribution in [-0.2, 0) is 4.79 Å². The van der Waals surface area contributed by atoms with Crippen LogP contribution in [0.3, 0.4) is 0 Å². The van der Waals surface area contributed by atoms with Crippen LogP contribution in [0.25, 0.3) is 11.0 Å². The summed E-state index contributed by atoms with van der Waals surface area (Å²) in [5.41, 5.74) is 7.63. The summed E-state index contributed by atoms with van der Waals surface area (Å²) in [5.74, 6) is 1.14. The number of likely N-dealkylation sites (N-methyl/N-ethyl adjacent to an activating group) is 1. The lowest BCUT2D eigenvalue weighted by Crippen LogP contribution is -2.25. The van der Waals surface area contributed by atoms with Crippen molar-refractivity contribution in [2.45, 2.75) is 32.4 Å². The summed E-state index contributed by atoms with van der Waals surface area (Å²) in [4.78, 5) is 18.4. The van der Waals surface area contributed by atoms with Gasteiger partial charge in [-0.2, -0.15) is 0 Å². The minimum absolute atomic E-state index is 0.0567. The molecule has 1 aliphatic rings. The van der Waals surface area contributed by atoms with E-state index in [-0.39, 0.29) is 18.1 Å². The van der Waals surface area contributed by atoms with Crippen LogP contribution in [-0.4, -0.2) is 40.1 Å². The molecule has 21 heavy (non-hydrogen) atoms. The van der Waals surface area contributed by atoms with Crippen molar-refractivity contribution in [3.05, 3.63) is 18.2 Å². The van der Waals surface area contributed by atoms with Crippen molar-refractivity contribution in [2.75, 3.05) is 19.3 Å². The van der Waals surface area contributed by atoms with Gasteiger partial charge in [0.05, 0.1) is 11.6 Å². The number of nitrogen functional groups attached to an aromatic ring is 1. The summed E-state index contributed by atoms with van der Waals surface area (Å²) in [6.45, 7) is 4.67. The van der Waals surface area contributed by atoms with E-state index in [0.29, 0.717) is 17.2 Å². The Morgan fingerprint density at radius 2 is 2.19 bits per heavy atom. The molecule has 1 unspecified atom stereocenters. The Hall–Kier alpha value is -2.24. The molecule has 1 aliphatic heterocycles. The lowest BCUT2D eigenvalue weighted by molar-refractivity contribution is -0.129. The van der Waals surface area contributed by atoms with Crippen molar-refractivity contribution in [3.8, 4) is 5.75 Å². The van der Waals surface area contributed by atoms with E-state index in [1.54, 1.807) is 4.90 Å². The van der Waals surface area contributed by atoms with E-state index in [4.69, 9.17) is 10.5 Å². The highest BCUT2D eigenvalue weighted by Crippen LogP contribution is 2.33. The maximum atomic E-state index is 12.3. The molecule has 3 rings (SSSR count). The molecule has 0 spiro atoms. The highest BCUT2D eigenvalue weighted by Gasteiger charge is 2.33. The zero-order valence-electron chi connectivity index (χ0n) is 12.5. The van der Waals surface area contributed by atoms with Crippen LogP contribution in [0.2, 0.25) is 0 Å². The Bertz CT molecular complexity index is 692. The van der Waals surface area contributed by atoms with Gasteiger partial charge in [-0.1, -0.05) is 6.07 Å². The largest absolute Gasteiger partial charge is 0.489 e. The second-order valence-corrected chi connectivity index (χ2v) is 5.69. The lowest BCUT2D eigenvalue weighted by Gasteiger charge is -2.14. The van der Waals surface area contributed by atoms with E-state index in [0.717, 1.165) is 18.5 Å². The van der Waals surface area contributed by atoms with E-state index in [9.17, 15) is 4.79 Å². The predicted molar refractivity (Wildman–Crippen MR) is 81.2 cm³/mol. The van der Waals surface area contributed by atoms with Crippen LogP contribution in [0, 0.1) is 0 Å². The third-order valence-electron chi connectivity index (χ3n) is 3.78. The second-order valence-electron chi connectivity index (χ2n) is 5.69. The molecule has 0 saturated carbocycles. The van der Waals surface area contributed by atoms with Gasteiger partial charge in [-0.05, 0) is 32.4 Å². The molecule has 1 aromatic carbocycles. The molecule has 1 amide bonds. The molecule has 1 fully saturated rings. The second kappa shape index (κ2) is 4.95. The fourth-order valence-electron chi connectivity index (χ4n) is 2.83. The quantitative estimate of drug-likeness (QED) is 0.934. The van der Waals surface area contributed by atoms with Gasteiger partial charge in [0.1, 0.15) is 17.3 Å². The summed E-state index contributed by atoms with van der Waals surface area (Å²) in [6, 6.07) is 5.44. The first-order chi connectivity index (χ1) is 9.99. The topological polar surface area (TPSA) is 73.4 Å². The highest BCUT2D eigenvalue weighted by atomic mass is 16.5. The minimum atomic E-state index is -0.269.